The molecule has 0 spiro atoms. The highest BCUT2D eigenvalue weighted by Crippen LogP contribution is 2.12. The number of aliphatic imine (C=N–C) groups is 1. The van der Waals surface area contributed by atoms with Gasteiger partial charge in [-0.1, -0.05) is 44.5 Å². The summed E-state index contributed by atoms with van der Waals surface area (Å²) in [5.41, 5.74) is 3.38. The van der Waals surface area contributed by atoms with Crippen LogP contribution in [0.5, 0.6) is 0 Å². The highest BCUT2D eigenvalue weighted by atomic mass is 16.2. The van der Waals surface area contributed by atoms with Gasteiger partial charge < -0.3 is 16.0 Å². The second-order valence-corrected chi connectivity index (χ2v) is 7.06. The second-order valence-electron chi connectivity index (χ2n) is 7.06. The molecule has 0 unspecified atom stereocenters. The molecule has 0 saturated heterocycles. The number of carbonyl (C=O) groups excluding carboxylic acids is 1. The van der Waals surface area contributed by atoms with Gasteiger partial charge in [-0.05, 0) is 31.9 Å². The highest BCUT2D eigenvalue weighted by Gasteiger charge is 2.20. The van der Waals surface area contributed by atoms with Gasteiger partial charge in [-0.3, -0.25) is 4.79 Å². The number of aryl methyl sites for hydroxylation is 2. The van der Waals surface area contributed by atoms with Crippen molar-refractivity contribution in [3.05, 3.63) is 34.9 Å². The Hall–Kier alpha value is -2.04. The average molecular weight is 332 g/mol. The average Bonchev–Trinajstić information content (AvgIpc) is 2.49. The third-order valence-electron chi connectivity index (χ3n) is 3.63. The monoisotopic (exact) mass is 332 g/mol. The maximum absolute atomic E-state index is 11.8. The van der Waals surface area contributed by atoms with E-state index in [0.717, 1.165) is 12.5 Å². The Morgan fingerprint density at radius 1 is 1.08 bits per heavy atom. The summed E-state index contributed by atoms with van der Waals surface area (Å²) in [6.07, 6.45) is 0. The molecule has 0 aliphatic heterocycles. The number of hydrogen-bond acceptors (Lipinski definition) is 2. The minimum atomic E-state index is -0.360. The van der Waals surface area contributed by atoms with Gasteiger partial charge in [-0.25, -0.2) is 4.99 Å². The van der Waals surface area contributed by atoms with Crippen molar-refractivity contribution in [1.29, 1.82) is 0 Å². The summed E-state index contributed by atoms with van der Waals surface area (Å²) in [7, 11) is 0. The van der Waals surface area contributed by atoms with Crippen LogP contribution in [0, 0.1) is 19.3 Å². The maximum Gasteiger partial charge on any atom is 0.225 e. The molecule has 0 aliphatic carbocycles. The molecule has 1 rings (SSSR count). The number of hydrogen-bond donors (Lipinski definition) is 3. The van der Waals surface area contributed by atoms with Gasteiger partial charge in [0, 0.05) is 25.0 Å². The molecular formula is C19H32N4O. The molecule has 0 aromatic heterocycles. The van der Waals surface area contributed by atoms with Gasteiger partial charge >= 0.3 is 0 Å². The molecule has 5 nitrogen and oxygen atoms in total. The smallest absolute Gasteiger partial charge is 0.225 e. The largest absolute Gasteiger partial charge is 0.357 e. The van der Waals surface area contributed by atoms with E-state index < -0.39 is 0 Å². The van der Waals surface area contributed by atoms with Gasteiger partial charge in [-0.15, -0.1) is 0 Å². The summed E-state index contributed by atoms with van der Waals surface area (Å²) < 4.78 is 0. The lowest BCUT2D eigenvalue weighted by molar-refractivity contribution is -0.128. The van der Waals surface area contributed by atoms with Gasteiger partial charge in [0.2, 0.25) is 5.91 Å². The lowest BCUT2D eigenvalue weighted by Crippen LogP contribution is -2.43. The van der Waals surface area contributed by atoms with Crippen LogP contribution in [0.4, 0.5) is 0 Å². The first kappa shape index (κ1) is 20.0. The van der Waals surface area contributed by atoms with Crippen molar-refractivity contribution in [2.24, 2.45) is 10.4 Å². The molecule has 5 heteroatoms. The van der Waals surface area contributed by atoms with Crippen molar-refractivity contribution in [1.82, 2.24) is 16.0 Å². The number of nitrogens with zero attached hydrogens (tertiary/aromatic N) is 1. The summed E-state index contributed by atoms with van der Waals surface area (Å²) in [4.78, 5) is 16.4. The Labute approximate surface area is 146 Å². The quantitative estimate of drug-likeness (QED) is 0.426. The molecule has 3 N–H and O–H groups in total. The van der Waals surface area contributed by atoms with E-state index in [2.05, 4.69) is 53.0 Å². The summed E-state index contributed by atoms with van der Waals surface area (Å²) >= 11 is 0. The highest BCUT2D eigenvalue weighted by molar-refractivity contribution is 5.81. The third-order valence-corrected chi connectivity index (χ3v) is 3.63. The van der Waals surface area contributed by atoms with Crippen LogP contribution in [-0.2, 0) is 11.3 Å². The predicted octanol–water partition coefficient (Wildman–Crippen LogP) is 2.52. The van der Waals surface area contributed by atoms with E-state index in [4.69, 9.17) is 0 Å². The zero-order valence-corrected chi connectivity index (χ0v) is 15.9. The van der Waals surface area contributed by atoms with Gasteiger partial charge in [-0.2, -0.15) is 0 Å². The fourth-order valence-corrected chi connectivity index (χ4v) is 2.15. The summed E-state index contributed by atoms with van der Waals surface area (Å²) in [6, 6.07) is 6.41. The molecule has 1 aromatic rings. The van der Waals surface area contributed by atoms with E-state index in [1.807, 2.05) is 27.7 Å². The SMILES string of the molecule is CCNC(=NCc1ccc(C)cc1C)NCCNC(=O)C(C)(C)C. The molecule has 0 heterocycles. The van der Waals surface area contributed by atoms with Gasteiger partial charge in [0.15, 0.2) is 5.96 Å². The van der Waals surface area contributed by atoms with Crippen molar-refractivity contribution >= 4 is 11.9 Å². The van der Waals surface area contributed by atoms with Crippen LogP contribution in [0.2, 0.25) is 0 Å². The number of amides is 1. The number of nitrogens with one attached hydrogen (secondary N) is 3. The van der Waals surface area contributed by atoms with Crippen molar-refractivity contribution in [2.75, 3.05) is 19.6 Å². The lowest BCUT2D eigenvalue weighted by atomic mass is 9.96. The van der Waals surface area contributed by atoms with Crippen molar-refractivity contribution in [2.45, 2.75) is 48.1 Å². The zero-order chi connectivity index (χ0) is 18.2. The Kier molecular flexibility index (Phi) is 7.75. The lowest BCUT2D eigenvalue weighted by Gasteiger charge is -2.18. The van der Waals surface area contributed by atoms with E-state index in [1.54, 1.807) is 0 Å². The van der Waals surface area contributed by atoms with Crippen LogP contribution in [0.25, 0.3) is 0 Å². The molecule has 134 valence electrons. The van der Waals surface area contributed by atoms with E-state index in [-0.39, 0.29) is 11.3 Å². The number of benzene rings is 1. The Bertz CT molecular complexity index is 573. The van der Waals surface area contributed by atoms with Crippen LogP contribution in [0.1, 0.15) is 44.4 Å². The molecule has 1 aromatic carbocycles. The first-order valence-electron chi connectivity index (χ1n) is 8.60. The summed E-state index contributed by atoms with van der Waals surface area (Å²) in [5.74, 6) is 0.823. The van der Waals surface area contributed by atoms with Crippen molar-refractivity contribution < 1.29 is 4.79 Å². The Morgan fingerprint density at radius 3 is 2.33 bits per heavy atom. The summed E-state index contributed by atoms with van der Waals surface area (Å²) in [5, 5.41) is 9.41. The van der Waals surface area contributed by atoms with Crippen LogP contribution in [0.15, 0.2) is 23.2 Å². The topological polar surface area (TPSA) is 65.5 Å². The van der Waals surface area contributed by atoms with Gasteiger partial charge in [0.25, 0.3) is 0 Å². The fourth-order valence-electron chi connectivity index (χ4n) is 2.15. The first-order valence-corrected chi connectivity index (χ1v) is 8.60. The maximum atomic E-state index is 11.8. The third kappa shape index (κ3) is 7.02. The van der Waals surface area contributed by atoms with Crippen LogP contribution in [0.3, 0.4) is 0 Å². The molecule has 0 aliphatic rings. The van der Waals surface area contributed by atoms with E-state index in [9.17, 15) is 4.79 Å². The van der Waals surface area contributed by atoms with Crippen LogP contribution < -0.4 is 16.0 Å². The Balaban J connectivity index is 2.52. The number of rotatable bonds is 6. The fraction of sp³-hybridized carbons (Fsp3) is 0.579. The van der Waals surface area contributed by atoms with E-state index >= 15 is 0 Å². The molecule has 0 radical (unpaired) electrons. The molecule has 0 bridgehead atoms. The molecule has 0 saturated carbocycles. The van der Waals surface area contributed by atoms with Crippen molar-refractivity contribution in [3.63, 3.8) is 0 Å². The van der Waals surface area contributed by atoms with Crippen LogP contribution >= 0.6 is 0 Å². The first-order chi connectivity index (χ1) is 11.2. The van der Waals surface area contributed by atoms with Gasteiger partial charge in [0.05, 0.1) is 6.54 Å². The molecule has 1 amide bonds. The van der Waals surface area contributed by atoms with Crippen molar-refractivity contribution in [3.8, 4) is 0 Å². The van der Waals surface area contributed by atoms with Crippen LogP contribution in [-0.4, -0.2) is 31.5 Å². The standard InChI is InChI=1S/C19H32N4O/c1-7-20-18(22-11-10-21-17(24)19(4,5)6)23-13-16-9-8-14(2)12-15(16)3/h8-9,12H,7,10-11,13H2,1-6H3,(H,21,24)(H2,20,22,23). The number of carbonyl (C=O) groups is 1. The molecule has 0 fully saturated rings. The van der Waals surface area contributed by atoms with E-state index in [1.165, 1.54) is 16.7 Å². The minimum Gasteiger partial charge on any atom is -0.357 e. The normalized spacial score (nSPS) is 12.0. The van der Waals surface area contributed by atoms with Gasteiger partial charge in [0.1, 0.15) is 0 Å². The predicted molar refractivity (Wildman–Crippen MR) is 101 cm³/mol. The van der Waals surface area contributed by atoms with E-state index in [0.29, 0.717) is 19.6 Å². The zero-order valence-electron chi connectivity index (χ0n) is 15.9. The number of guanidine groups is 1. The molecular weight excluding hydrogens is 300 g/mol. The molecule has 24 heavy (non-hydrogen) atoms. The minimum absolute atomic E-state index is 0.0570. The molecule has 0 atom stereocenters. The second kappa shape index (κ2) is 9.30. The summed E-state index contributed by atoms with van der Waals surface area (Å²) in [6.45, 7) is 14.6. The Morgan fingerprint density at radius 2 is 1.75 bits per heavy atom.